The molecule has 0 amide bonds. The standard InChI is InChI=1S/C13H10F4N2O/c1-19-7-8(6-18-19)5-11(20)9-3-2-4-10(12(9)14)13(15,16)17/h2-4,6-7H,5H2,1H3. The third kappa shape index (κ3) is 2.87. The topological polar surface area (TPSA) is 34.9 Å². The third-order valence-electron chi connectivity index (χ3n) is 2.73. The molecule has 0 aliphatic carbocycles. The van der Waals surface area contributed by atoms with Crippen molar-refractivity contribution in [2.45, 2.75) is 12.6 Å². The Hall–Kier alpha value is -2.18. The zero-order valence-electron chi connectivity index (χ0n) is 10.4. The molecule has 1 aromatic carbocycles. The van der Waals surface area contributed by atoms with Gasteiger partial charge in [0.2, 0.25) is 0 Å². The van der Waals surface area contributed by atoms with Crippen LogP contribution in [0.3, 0.4) is 0 Å². The molecule has 3 nitrogen and oxygen atoms in total. The zero-order chi connectivity index (χ0) is 14.9. The molecular formula is C13H10F4N2O. The van der Waals surface area contributed by atoms with Crippen molar-refractivity contribution in [1.29, 1.82) is 0 Å². The normalized spacial score (nSPS) is 11.7. The Morgan fingerprint density at radius 3 is 2.60 bits per heavy atom. The van der Waals surface area contributed by atoms with E-state index in [1.807, 2.05) is 0 Å². The van der Waals surface area contributed by atoms with Gasteiger partial charge >= 0.3 is 6.18 Å². The Morgan fingerprint density at radius 1 is 1.35 bits per heavy atom. The van der Waals surface area contributed by atoms with Crippen LogP contribution in [0.1, 0.15) is 21.5 Å². The summed E-state index contributed by atoms with van der Waals surface area (Å²) in [6, 6.07) is 2.67. The number of aryl methyl sites for hydroxylation is 1. The van der Waals surface area contributed by atoms with Crippen molar-refractivity contribution in [1.82, 2.24) is 9.78 Å². The van der Waals surface area contributed by atoms with Gasteiger partial charge < -0.3 is 0 Å². The molecule has 2 rings (SSSR count). The molecule has 0 unspecified atom stereocenters. The van der Waals surface area contributed by atoms with Crippen LogP contribution >= 0.6 is 0 Å². The first-order valence-electron chi connectivity index (χ1n) is 5.65. The van der Waals surface area contributed by atoms with Gasteiger partial charge in [0.15, 0.2) is 5.78 Å². The number of aromatic nitrogens is 2. The monoisotopic (exact) mass is 286 g/mol. The van der Waals surface area contributed by atoms with Crippen LogP contribution in [-0.4, -0.2) is 15.6 Å². The van der Waals surface area contributed by atoms with Crippen LogP contribution in [0.2, 0.25) is 0 Å². The Kier molecular flexibility index (Phi) is 3.61. The molecule has 0 fully saturated rings. The lowest BCUT2D eigenvalue weighted by molar-refractivity contribution is -0.140. The number of ketones is 1. The molecule has 0 aliphatic rings. The summed E-state index contributed by atoms with van der Waals surface area (Å²) in [6.07, 6.45) is -2.08. The van der Waals surface area contributed by atoms with Crippen LogP contribution in [-0.2, 0) is 19.6 Å². The first kappa shape index (κ1) is 14.2. The molecule has 0 radical (unpaired) electrons. The van der Waals surface area contributed by atoms with Gasteiger partial charge in [-0.1, -0.05) is 6.07 Å². The molecular weight excluding hydrogens is 276 g/mol. The zero-order valence-corrected chi connectivity index (χ0v) is 10.4. The number of alkyl halides is 3. The molecule has 0 saturated heterocycles. The van der Waals surface area contributed by atoms with Crippen LogP contribution in [0.4, 0.5) is 17.6 Å². The third-order valence-corrected chi connectivity index (χ3v) is 2.73. The number of hydrogen-bond acceptors (Lipinski definition) is 2. The molecule has 20 heavy (non-hydrogen) atoms. The maximum absolute atomic E-state index is 13.8. The van der Waals surface area contributed by atoms with Gasteiger partial charge in [-0.25, -0.2) is 4.39 Å². The van der Waals surface area contributed by atoms with Crippen molar-refractivity contribution in [3.63, 3.8) is 0 Å². The van der Waals surface area contributed by atoms with Gasteiger partial charge in [-0.2, -0.15) is 18.3 Å². The highest BCUT2D eigenvalue weighted by Crippen LogP contribution is 2.32. The second-order valence-electron chi connectivity index (χ2n) is 4.29. The fraction of sp³-hybridized carbons (Fsp3) is 0.231. The van der Waals surface area contributed by atoms with E-state index in [1.165, 1.54) is 10.9 Å². The predicted molar refractivity (Wildman–Crippen MR) is 62.6 cm³/mol. The summed E-state index contributed by atoms with van der Waals surface area (Å²) in [5, 5.41) is 3.83. The van der Waals surface area contributed by atoms with Crippen molar-refractivity contribution < 1.29 is 22.4 Å². The highest BCUT2D eigenvalue weighted by Gasteiger charge is 2.35. The van der Waals surface area contributed by atoms with Gasteiger partial charge in [0.1, 0.15) is 5.82 Å². The summed E-state index contributed by atoms with van der Waals surface area (Å²) in [7, 11) is 1.64. The van der Waals surface area contributed by atoms with E-state index in [0.717, 1.165) is 12.1 Å². The SMILES string of the molecule is Cn1cc(CC(=O)c2cccc(C(F)(F)F)c2F)cn1. The van der Waals surface area contributed by atoms with Crippen molar-refractivity contribution in [2.24, 2.45) is 7.05 Å². The van der Waals surface area contributed by atoms with Crippen LogP contribution in [0.5, 0.6) is 0 Å². The van der Waals surface area contributed by atoms with Crippen molar-refractivity contribution in [3.8, 4) is 0 Å². The average molecular weight is 286 g/mol. The highest BCUT2D eigenvalue weighted by atomic mass is 19.4. The van der Waals surface area contributed by atoms with E-state index in [0.29, 0.717) is 11.6 Å². The molecule has 7 heteroatoms. The fourth-order valence-corrected chi connectivity index (χ4v) is 1.81. The molecule has 1 aromatic heterocycles. The van der Waals surface area contributed by atoms with Crippen LogP contribution in [0.25, 0.3) is 0 Å². The van der Waals surface area contributed by atoms with E-state index in [1.54, 1.807) is 13.2 Å². The quantitative estimate of drug-likeness (QED) is 0.642. The van der Waals surface area contributed by atoms with Crippen molar-refractivity contribution in [3.05, 3.63) is 53.1 Å². The van der Waals surface area contributed by atoms with Gasteiger partial charge in [0, 0.05) is 19.7 Å². The van der Waals surface area contributed by atoms with Crippen LogP contribution in [0.15, 0.2) is 30.6 Å². The van der Waals surface area contributed by atoms with Crippen LogP contribution < -0.4 is 0 Å². The summed E-state index contributed by atoms with van der Waals surface area (Å²) in [5.74, 6) is -2.25. The van der Waals surface area contributed by atoms with Crippen molar-refractivity contribution in [2.75, 3.05) is 0 Å². The van der Waals surface area contributed by atoms with Gasteiger partial charge in [0.05, 0.1) is 17.3 Å². The Labute approximate surface area is 111 Å². The number of halogens is 4. The van der Waals surface area contributed by atoms with Gasteiger partial charge in [-0.15, -0.1) is 0 Å². The molecule has 0 saturated carbocycles. The minimum atomic E-state index is -4.82. The molecule has 2 aromatic rings. The summed E-state index contributed by atoms with van der Waals surface area (Å²) in [5.41, 5.74) is -1.49. The van der Waals surface area contributed by atoms with Gasteiger partial charge in [-0.05, 0) is 17.7 Å². The first-order valence-corrected chi connectivity index (χ1v) is 5.65. The van der Waals surface area contributed by atoms with E-state index in [9.17, 15) is 22.4 Å². The number of carbonyl (C=O) groups is 1. The lowest BCUT2D eigenvalue weighted by Crippen LogP contribution is -2.13. The lowest BCUT2D eigenvalue weighted by atomic mass is 10.0. The Morgan fingerprint density at radius 2 is 2.05 bits per heavy atom. The summed E-state index contributed by atoms with van der Waals surface area (Å²) >= 11 is 0. The van der Waals surface area contributed by atoms with E-state index >= 15 is 0 Å². The van der Waals surface area contributed by atoms with E-state index in [2.05, 4.69) is 5.10 Å². The largest absolute Gasteiger partial charge is 0.419 e. The van der Waals surface area contributed by atoms with Crippen molar-refractivity contribution >= 4 is 5.78 Å². The minimum Gasteiger partial charge on any atom is -0.294 e. The number of rotatable bonds is 3. The Balaban J connectivity index is 2.31. The molecule has 0 atom stereocenters. The lowest BCUT2D eigenvalue weighted by Gasteiger charge is -2.10. The number of hydrogen-bond donors (Lipinski definition) is 0. The highest BCUT2D eigenvalue weighted by molar-refractivity contribution is 5.97. The molecule has 0 bridgehead atoms. The summed E-state index contributed by atoms with van der Waals surface area (Å²) in [6.45, 7) is 0. The number of carbonyl (C=O) groups excluding carboxylic acids is 1. The number of nitrogens with zero attached hydrogens (tertiary/aromatic N) is 2. The molecule has 0 N–H and O–H groups in total. The maximum Gasteiger partial charge on any atom is 0.419 e. The predicted octanol–water partition coefficient (Wildman–Crippen LogP) is 3.00. The molecule has 1 heterocycles. The van der Waals surface area contributed by atoms with E-state index in [4.69, 9.17) is 0 Å². The van der Waals surface area contributed by atoms with E-state index in [-0.39, 0.29) is 6.42 Å². The first-order chi connectivity index (χ1) is 9.29. The number of benzene rings is 1. The molecule has 0 aliphatic heterocycles. The number of Topliss-reactive ketones (excluding diaryl/α,β-unsaturated/α-hetero) is 1. The van der Waals surface area contributed by atoms with E-state index < -0.39 is 28.9 Å². The smallest absolute Gasteiger partial charge is 0.294 e. The van der Waals surface area contributed by atoms with Gasteiger partial charge in [-0.3, -0.25) is 9.48 Å². The average Bonchev–Trinajstić information content (AvgIpc) is 2.73. The maximum atomic E-state index is 13.8. The minimum absolute atomic E-state index is 0.202. The second-order valence-corrected chi connectivity index (χ2v) is 4.29. The Bertz CT molecular complexity index is 646. The second kappa shape index (κ2) is 5.07. The van der Waals surface area contributed by atoms with Gasteiger partial charge in [0.25, 0.3) is 0 Å². The van der Waals surface area contributed by atoms with Crippen LogP contribution in [0, 0.1) is 5.82 Å². The molecule has 106 valence electrons. The summed E-state index contributed by atoms with van der Waals surface area (Å²) < 4.78 is 52.9. The summed E-state index contributed by atoms with van der Waals surface area (Å²) in [4.78, 5) is 11.9. The fourth-order valence-electron chi connectivity index (χ4n) is 1.81. The molecule has 0 spiro atoms.